The molecule has 1 aromatic heterocycles. The Bertz CT molecular complexity index is 433. The first-order valence-electron chi connectivity index (χ1n) is 4.91. The summed E-state index contributed by atoms with van der Waals surface area (Å²) in [6, 6.07) is 1.50. The van der Waals surface area contributed by atoms with E-state index in [1.807, 2.05) is 0 Å². The van der Waals surface area contributed by atoms with Crippen LogP contribution in [0.2, 0.25) is 8.67 Å². The molecule has 1 heterocycles. The molecular weight excluding hydrogens is 285 g/mol. The molecule has 1 amide bonds. The lowest BCUT2D eigenvalue weighted by atomic mass is 10.2. The van der Waals surface area contributed by atoms with E-state index in [1.54, 1.807) is 6.92 Å². The van der Waals surface area contributed by atoms with E-state index in [0.29, 0.717) is 20.8 Å². The summed E-state index contributed by atoms with van der Waals surface area (Å²) in [6.45, 7) is 2.37. The molecule has 1 aromatic rings. The van der Waals surface area contributed by atoms with Gasteiger partial charge in [0.2, 0.25) is 0 Å². The molecule has 0 aromatic carbocycles. The molecule has 0 saturated carbocycles. The number of carbonyl (C=O) groups excluding carboxylic acids is 1. The first-order valence-corrected chi connectivity index (χ1v) is 6.48. The minimum atomic E-state index is -0.939. The highest BCUT2D eigenvalue weighted by molar-refractivity contribution is 7.20. The van der Waals surface area contributed by atoms with Crippen molar-refractivity contribution in [2.24, 2.45) is 0 Å². The molecule has 0 bridgehead atoms. The highest BCUT2D eigenvalue weighted by atomic mass is 35.5. The molecule has 0 saturated heterocycles. The molecule has 0 aliphatic carbocycles. The molecular formula is C10H11Cl2NO3S. The summed E-state index contributed by atoms with van der Waals surface area (Å²) >= 11 is 12.7. The second-order valence-electron chi connectivity index (χ2n) is 3.27. The minimum Gasteiger partial charge on any atom is -0.481 e. The second kappa shape index (κ2) is 6.23. The first-order chi connectivity index (χ1) is 7.95. The first kappa shape index (κ1) is 14.3. The van der Waals surface area contributed by atoms with Gasteiger partial charge in [0.05, 0.1) is 16.3 Å². The molecule has 7 heteroatoms. The van der Waals surface area contributed by atoms with Crippen LogP contribution in [0.4, 0.5) is 0 Å². The highest BCUT2D eigenvalue weighted by Crippen LogP contribution is 2.31. The van der Waals surface area contributed by atoms with Crippen molar-refractivity contribution in [3.05, 3.63) is 20.3 Å². The average molecular weight is 296 g/mol. The van der Waals surface area contributed by atoms with E-state index < -0.39 is 5.97 Å². The number of thiophene rings is 1. The van der Waals surface area contributed by atoms with Gasteiger partial charge in [-0.05, 0) is 13.0 Å². The van der Waals surface area contributed by atoms with Crippen LogP contribution in [0.3, 0.4) is 0 Å². The SMILES string of the molecule is CCN(CCC(=O)O)C(=O)c1cc(Cl)sc1Cl. The van der Waals surface area contributed by atoms with Crippen LogP contribution < -0.4 is 0 Å². The van der Waals surface area contributed by atoms with Crippen LogP contribution in [-0.2, 0) is 4.79 Å². The number of carboxylic acid groups (broad SMARTS) is 1. The fourth-order valence-electron chi connectivity index (χ4n) is 1.29. The van der Waals surface area contributed by atoms with E-state index in [2.05, 4.69) is 0 Å². The van der Waals surface area contributed by atoms with E-state index >= 15 is 0 Å². The summed E-state index contributed by atoms with van der Waals surface area (Å²) in [5.74, 6) is -1.23. The largest absolute Gasteiger partial charge is 0.481 e. The second-order valence-corrected chi connectivity index (χ2v) is 5.55. The molecule has 0 unspecified atom stereocenters. The maximum Gasteiger partial charge on any atom is 0.305 e. The quantitative estimate of drug-likeness (QED) is 0.908. The van der Waals surface area contributed by atoms with E-state index in [0.717, 1.165) is 11.3 Å². The lowest BCUT2D eigenvalue weighted by Gasteiger charge is -2.19. The zero-order chi connectivity index (χ0) is 13.0. The van der Waals surface area contributed by atoms with Crippen molar-refractivity contribution in [2.75, 3.05) is 13.1 Å². The average Bonchev–Trinajstić information content (AvgIpc) is 2.58. The van der Waals surface area contributed by atoms with E-state index in [1.165, 1.54) is 11.0 Å². The third-order valence-corrected chi connectivity index (χ3v) is 3.64. The summed E-state index contributed by atoms with van der Waals surface area (Å²) in [7, 11) is 0. The lowest BCUT2D eigenvalue weighted by molar-refractivity contribution is -0.137. The van der Waals surface area contributed by atoms with Crippen molar-refractivity contribution in [2.45, 2.75) is 13.3 Å². The van der Waals surface area contributed by atoms with Crippen LogP contribution in [0.25, 0.3) is 0 Å². The Morgan fingerprint density at radius 1 is 1.47 bits per heavy atom. The Morgan fingerprint density at radius 3 is 2.53 bits per heavy atom. The number of aliphatic carboxylic acids is 1. The number of halogens is 2. The summed E-state index contributed by atoms with van der Waals surface area (Å²) in [5, 5.41) is 8.59. The van der Waals surface area contributed by atoms with Crippen molar-refractivity contribution in [3.63, 3.8) is 0 Å². The van der Waals surface area contributed by atoms with Crippen LogP contribution in [0.5, 0.6) is 0 Å². The van der Waals surface area contributed by atoms with Crippen LogP contribution >= 0.6 is 34.5 Å². The molecule has 0 aliphatic rings. The number of hydrogen-bond acceptors (Lipinski definition) is 3. The number of nitrogens with zero attached hydrogens (tertiary/aromatic N) is 1. The predicted octanol–water partition coefficient (Wildman–Crippen LogP) is 2.99. The number of hydrogen-bond donors (Lipinski definition) is 1. The van der Waals surface area contributed by atoms with Gasteiger partial charge in [-0.2, -0.15) is 0 Å². The number of rotatable bonds is 5. The monoisotopic (exact) mass is 295 g/mol. The summed E-state index contributed by atoms with van der Waals surface area (Å²) in [6.07, 6.45) is -0.0882. The molecule has 17 heavy (non-hydrogen) atoms. The van der Waals surface area contributed by atoms with Crippen molar-refractivity contribution in [1.29, 1.82) is 0 Å². The van der Waals surface area contributed by atoms with Gasteiger partial charge in [-0.25, -0.2) is 0 Å². The standard InChI is InChI=1S/C10H11Cl2NO3S/c1-2-13(4-3-8(14)15)10(16)6-5-7(11)17-9(6)12/h5H,2-4H2,1H3,(H,14,15). The number of carboxylic acids is 1. The van der Waals surface area contributed by atoms with Gasteiger partial charge in [-0.1, -0.05) is 23.2 Å². The Hall–Kier alpha value is -0.780. The fraction of sp³-hybridized carbons (Fsp3) is 0.400. The molecule has 1 rings (SSSR count). The zero-order valence-corrected chi connectivity index (χ0v) is 11.4. The van der Waals surface area contributed by atoms with Gasteiger partial charge in [0, 0.05) is 13.1 Å². The molecule has 0 aliphatic heterocycles. The van der Waals surface area contributed by atoms with Crippen LogP contribution in [0, 0.1) is 0 Å². The topological polar surface area (TPSA) is 57.6 Å². The molecule has 0 radical (unpaired) electrons. The Labute approximate surface area is 113 Å². The highest BCUT2D eigenvalue weighted by Gasteiger charge is 2.20. The van der Waals surface area contributed by atoms with Gasteiger partial charge in [-0.3, -0.25) is 9.59 Å². The van der Waals surface area contributed by atoms with Crippen molar-refractivity contribution in [3.8, 4) is 0 Å². The number of carbonyl (C=O) groups is 2. The summed E-state index contributed by atoms with van der Waals surface area (Å²) in [5.41, 5.74) is 0.328. The van der Waals surface area contributed by atoms with Crippen LogP contribution in [0.1, 0.15) is 23.7 Å². The van der Waals surface area contributed by atoms with Crippen LogP contribution in [-0.4, -0.2) is 35.0 Å². The molecule has 1 N–H and O–H groups in total. The zero-order valence-electron chi connectivity index (χ0n) is 9.07. The Morgan fingerprint density at radius 2 is 2.12 bits per heavy atom. The molecule has 94 valence electrons. The minimum absolute atomic E-state index is 0.0882. The van der Waals surface area contributed by atoms with Gasteiger partial charge in [0.25, 0.3) is 5.91 Å². The number of amides is 1. The predicted molar refractivity (Wildman–Crippen MR) is 68.2 cm³/mol. The fourth-order valence-corrected chi connectivity index (χ4v) is 2.74. The maximum absolute atomic E-state index is 12.0. The lowest BCUT2D eigenvalue weighted by Crippen LogP contribution is -2.32. The summed E-state index contributed by atoms with van der Waals surface area (Å²) < 4.78 is 0.765. The summed E-state index contributed by atoms with van der Waals surface area (Å²) in [4.78, 5) is 23.9. The van der Waals surface area contributed by atoms with Crippen molar-refractivity contribution < 1.29 is 14.7 Å². The van der Waals surface area contributed by atoms with Gasteiger partial charge < -0.3 is 10.0 Å². The molecule has 0 spiro atoms. The van der Waals surface area contributed by atoms with E-state index in [9.17, 15) is 9.59 Å². The van der Waals surface area contributed by atoms with Gasteiger partial charge >= 0.3 is 5.97 Å². The van der Waals surface area contributed by atoms with Gasteiger partial charge in [0.15, 0.2) is 0 Å². The van der Waals surface area contributed by atoms with E-state index in [4.69, 9.17) is 28.3 Å². The smallest absolute Gasteiger partial charge is 0.305 e. The van der Waals surface area contributed by atoms with Crippen molar-refractivity contribution in [1.82, 2.24) is 4.90 Å². The van der Waals surface area contributed by atoms with E-state index in [-0.39, 0.29) is 18.9 Å². The Balaban J connectivity index is 2.79. The van der Waals surface area contributed by atoms with Gasteiger partial charge in [0.1, 0.15) is 4.34 Å². The molecule has 0 atom stereocenters. The van der Waals surface area contributed by atoms with Crippen molar-refractivity contribution >= 4 is 46.4 Å². The van der Waals surface area contributed by atoms with Gasteiger partial charge in [-0.15, -0.1) is 11.3 Å². The molecule has 4 nitrogen and oxygen atoms in total. The Kier molecular flexibility index (Phi) is 5.24. The maximum atomic E-state index is 12.0. The third kappa shape index (κ3) is 3.87. The van der Waals surface area contributed by atoms with Crippen LogP contribution in [0.15, 0.2) is 6.07 Å². The molecule has 0 fully saturated rings. The third-order valence-electron chi connectivity index (χ3n) is 2.15. The normalized spacial score (nSPS) is 10.3.